The van der Waals surface area contributed by atoms with E-state index in [1.165, 1.54) is 32.0 Å². The number of aromatic nitrogens is 1. The van der Waals surface area contributed by atoms with Gasteiger partial charge in [0.15, 0.2) is 0 Å². The van der Waals surface area contributed by atoms with Crippen molar-refractivity contribution < 1.29 is 31.1 Å². The van der Waals surface area contributed by atoms with Gasteiger partial charge in [0, 0.05) is 29.7 Å². The number of likely N-dealkylation sites (N-methyl/N-ethyl adjacent to an activating group) is 1. The van der Waals surface area contributed by atoms with Crippen molar-refractivity contribution in [3.05, 3.63) is 76.4 Å². The van der Waals surface area contributed by atoms with Crippen molar-refractivity contribution in [2.45, 2.75) is 56.3 Å². The Morgan fingerprint density at radius 1 is 0.952 bits per heavy atom. The molecule has 1 aliphatic rings. The first-order valence-electron chi connectivity index (χ1n) is 13.2. The van der Waals surface area contributed by atoms with Gasteiger partial charge in [0.2, 0.25) is 5.91 Å². The van der Waals surface area contributed by atoms with Gasteiger partial charge in [-0.1, -0.05) is 29.8 Å². The van der Waals surface area contributed by atoms with E-state index >= 15 is 0 Å². The number of amides is 1. The summed E-state index contributed by atoms with van der Waals surface area (Å²) >= 11 is 8.27. The van der Waals surface area contributed by atoms with E-state index in [0.29, 0.717) is 39.8 Å². The summed E-state index contributed by atoms with van der Waals surface area (Å²) in [5, 5.41) is 0.613. The van der Waals surface area contributed by atoms with Gasteiger partial charge in [-0.2, -0.15) is 26.3 Å². The van der Waals surface area contributed by atoms with Gasteiger partial charge in [-0.05, 0) is 75.3 Å². The quantitative estimate of drug-likeness (QED) is 0.255. The lowest BCUT2D eigenvalue weighted by atomic mass is 9.81. The number of rotatable bonds is 6. The van der Waals surface area contributed by atoms with E-state index < -0.39 is 40.4 Å². The monoisotopic (exact) mass is 629 g/mol. The molecule has 1 atom stereocenters. The van der Waals surface area contributed by atoms with Crippen molar-refractivity contribution in [3.8, 4) is 11.1 Å². The van der Waals surface area contributed by atoms with Crippen LogP contribution < -0.4 is 9.80 Å². The maximum absolute atomic E-state index is 13.9. The largest absolute Gasteiger partial charge is 0.416 e. The van der Waals surface area contributed by atoms with Crippen molar-refractivity contribution in [1.82, 2.24) is 4.98 Å². The first-order chi connectivity index (χ1) is 19.6. The molecule has 42 heavy (non-hydrogen) atoms. The van der Waals surface area contributed by atoms with Crippen LogP contribution in [0, 0.1) is 0 Å². The van der Waals surface area contributed by atoms with Crippen molar-refractivity contribution >= 4 is 40.8 Å². The second-order valence-corrected chi connectivity index (χ2v) is 12.1. The third-order valence-corrected chi connectivity index (χ3v) is 8.92. The summed E-state index contributed by atoms with van der Waals surface area (Å²) < 4.78 is 81.5. The van der Waals surface area contributed by atoms with Crippen molar-refractivity contribution in [2.75, 3.05) is 29.6 Å². The van der Waals surface area contributed by atoms with Gasteiger partial charge >= 0.3 is 12.4 Å². The van der Waals surface area contributed by atoms with Crippen LogP contribution in [0.15, 0.2) is 54.7 Å². The Labute approximate surface area is 250 Å². The molecule has 1 aliphatic heterocycles. The zero-order valence-electron chi connectivity index (χ0n) is 23.4. The molecule has 2 heterocycles. The highest BCUT2D eigenvalue weighted by molar-refractivity contribution is 7.99. The van der Waals surface area contributed by atoms with Gasteiger partial charge in [-0.15, -0.1) is 11.8 Å². The van der Waals surface area contributed by atoms with Crippen LogP contribution in [0.5, 0.6) is 0 Å². The highest BCUT2D eigenvalue weighted by Crippen LogP contribution is 2.42. The number of carbonyl (C=O) groups excluding carboxylic acids is 1. The number of hydrogen-bond acceptors (Lipinski definition) is 4. The number of hydrogen-bond donors (Lipinski definition) is 0. The van der Waals surface area contributed by atoms with Gasteiger partial charge < -0.3 is 9.80 Å². The number of nitrogens with zero attached hydrogens (tertiary/aromatic N) is 3. The summed E-state index contributed by atoms with van der Waals surface area (Å²) in [6.45, 7) is 3.39. The molecule has 226 valence electrons. The van der Waals surface area contributed by atoms with E-state index in [0.717, 1.165) is 25.8 Å². The van der Waals surface area contributed by atoms with Crippen molar-refractivity contribution in [3.63, 3.8) is 0 Å². The third kappa shape index (κ3) is 6.51. The van der Waals surface area contributed by atoms with Crippen LogP contribution in [0.2, 0.25) is 5.02 Å². The van der Waals surface area contributed by atoms with Crippen LogP contribution in [0.3, 0.4) is 0 Å². The molecule has 0 spiro atoms. The Hall–Kier alpha value is -2.92. The summed E-state index contributed by atoms with van der Waals surface area (Å²) in [6, 6.07) is 10.1. The summed E-state index contributed by atoms with van der Waals surface area (Å²) in [6.07, 6.45) is -3.49. The number of alkyl halides is 6. The Bertz CT molecular complexity index is 1430. The van der Waals surface area contributed by atoms with Gasteiger partial charge in [-0.3, -0.25) is 4.79 Å². The minimum Gasteiger partial charge on any atom is -0.345 e. The summed E-state index contributed by atoms with van der Waals surface area (Å²) in [7, 11) is 1.42. The van der Waals surface area contributed by atoms with Crippen LogP contribution in [0.25, 0.3) is 11.1 Å². The average molecular weight is 630 g/mol. The van der Waals surface area contributed by atoms with Crippen LogP contribution >= 0.6 is 23.4 Å². The van der Waals surface area contributed by atoms with Crippen LogP contribution in [-0.2, 0) is 22.6 Å². The van der Waals surface area contributed by atoms with E-state index in [1.807, 2.05) is 12.3 Å². The zero-order chi connectivity index (χ0) is 31.0. The van der Waals surface area contributed by atoms with Crippen LogP contribution in [0.4, 0.5) is 37.8 Å². The lowest BCUT2D eigenvalue weighted by Gasteiger charge is -2.36. The predicted molar refractivity (Wildman–Crippen MR) is 156 cm³/mol. The molecule has 1 fully saturated rings. The summed E-state index contributed by atoms with van der Waals surface area (Å²) in [4.78, 5) is 22.0. The standard InChI is InChI=1S/C30H30ClF6N3OS/c1-28(2,18-13-19(29(32,33)34)15-20(14-18)30(35,36)37)27(41)39(3)24-17-38-25(40-12-8-7-11-26(40)42-4)16-22(24)21-9-5-6-10-23(21)31/h5-6,9-10,13-17,26H,7-8,11-12H2,1-4H3. The number of halogens is 7. The molecular formula is C30H30ClF6N3OS. The molecule has 1 aromatic heterocycles. The fraction of sp³-hybridized carbons (Fsp3) is 0.400. The average Bonchev–Trinajstić information content (AvgIpc) is 2.95. The molecule has 12 heteroatoms. The van der Waals surface area contributed by atoms with Gasteiger partial charge in [0.1, 0.15) is 5.82 Å². The van der Waals surface area contributed by atoms with E-state index in [4.69, 9.17) is 11.6 Å². The first-order valence-corrected chi connectivity index (χ1v) is 14.8. The van der Waals surface area contributed by atoms with Crippen LogP contribution in [0.1, 0.15) is 49.8 Å². The minimum atomic E-state index is -5.04. The highest BCUT2D eigenvalue weighted by atomic mass is 35.5. The summed E-state index contributed by atoms with van der Waals surface area (Å²) in [5.41, 5.74) is -3.68. The molecule has 1 saturated heterocycles. The smallest absolute Gasteiger partial charge is 0.345 e. The lowest BCUT2D eigenvalue weighted by molar-refractivity contribution is -0.143. The molecule has 0 N–H and O–H groups in total. The fourth-order valence-corrected chi connectivity index (χ4v) is 6.24. The van der Waals surface area contributed by atoms with Gasteiger partial charge in [0.05, 0.1) is 33.8 Å². The minimum absolute atomic E-state index is 0.0500. The Kier molecular flexibility index (Phi) is 9.14. The first kappa shape index (κ1) is 32.0. The fourth-order valence-electron chi connectivity index (χ4n) is 5.13. The normalized spacial score (nSPS) is 16.5. The van der Waals surface area contributed by atoms with Crippen molar-refractivity contribution in [1.29, 1.82) is 0 Å². The molecule has 4 nitrogen and oxygen atoms in total. The third-order valence-electron chi connectivity index (χ3n) is 7.56. The SMILES string of the molecule is CSC1CCCCN1c1cc(-c2ccccc2Cl)c(N(C)C(=O)C(C)(C)c2cc(C(F)(F)F)cc(C(F)(F)F)c2)cn1. The Morgan fingerprint density at radius 2 is 1.55 bits per heavy atom. The molecule has 0 radical (unpaired) electrons. The second-order valence-electron chi connectivity index (χ2n) is 10.7. The lowest BCUT2D eigenvalue weighted by Crippen LogP contribution is -2.42. The molecule has 0 saturated carbocycles. The molecular weight excluding hydrogens is 600 g/mol. The van der Waals surface area contributed by atoms with Gasteiger partial charge in [0.25, 0.3) is 0 Å². The second kappa shape index (κ2) is 12.0. The number of piperidine rings is 1. The maximum Gasteiger partial charge on any atom is 0.416 e. The van der Waals surface area contributed by atoms with E-state index in [9.17, 15) is 31.1 Å². The topological polar surface area (TPSA) is 36.4 Å². The molecule has 4 rings (SSSR count). The highest BCUT2D eigenvalue weighted by Gasteiger charge is 2.41. The molecule has 2 aromatic carbocycles. The van der Waals surface area contributed by atoms with Gasteiger partial charge in [-0.25, -0.2) is 4.98 Å². The number of thioether (sulfide) groups is 1. The zero-order valence-corrected chi connectivity index (χ0v) is 25.0. The molecule has 1 amide bonds. The Morgan fingerprint density at radius 3 is 2.12 bits per heavy atom. The van der Waals surface area contributed by atoms with E-state index in [1.54, 1.807) is 36.0 Å². The van der Waals surface area contributed by atoms with Crippen molar-refractivity contribution in [2.24, 2.45) is 0 Å². The Balaban J connectivity index is 1.82. The summed E-state index contributed by atoms with van der Waals surface area (Å²) in [5.74, 6) is -0.0432. The molecule has 1 unspecified atom stereocenters. The number of carbonyl (C=O) groups is 1. The maximum atomic E-state index is 13.9. The van der Waals surface area contributed by atoms with E-state index in [-0.39, 0.29) is 11.4 Å². The number of benzene rings is 2. The van der Waals surface area contributed by atoms with E-state index in [2.05, 4.69) is 9.88 Å². The van der Waals surface area contributed by atoms with Crippen LogP contribution in [-0.4, -0.2) is 36.1 Å². The number of pyridine rings is 1. The molecule has 0 aliphatic carbocycles. The molecule has 0 bridgehead atoms. The predicted octanol–water partition coefficient (Wildman–Crippen LogP) is 9.06. The molecule has 3 aromatic rings. The number of anilines is 2.